The number of anilines is 1. The van der Waals surface area contributed by atoms with Crippen LogP contribution in [0.15, 0.2) is 35.7 Å². The summed E-state index contributed by atoms with van der Waals surface area (Å²) in [6, 6.07) is 7.43. The smallest absolute Gasteiger partial charge is 0.330 e. The van der Waals surface area contributed by atoms with Gasteiger partial charge in [0.25, 0.3) is 0 Å². The number of aromatic nitrogens is 1. The van der Waals surface area contributed by atoms with Gasteiger partial charge in [-0.2, -0.15) is 0 Å². The van der Waals surface area contributed by atoms with Crippen molar-refractivity contribution in [3.05, 3.63) is 52.0 Å². The molecule has 29 heavy (non-hydrogen) atoms. The number of nitrogens with one attached hydrogen (secondary N) is 1. The lowest BCUT2D eigenvalue weighted by atomic mass is 9.95. The van der Waals surface area contributed by atoms with Crippen LogP contribution in [-0.2, 0) is 20.9 Å². The monoisotopic (exact) mass is 413 g/mol. The predicted octanol–water partition coefficient (Wildman–Crippen LogP) is 3.88. The minimum absolute atomic E-state index is 0.0341. The van der Waals surface area contributed by atoms with Gasteiger partial charge in [0.05, 0.1) is 17.3 Å². The largest absolute Gasteiger partial charge is 0.463 e. The second kappa shape index (κ2) is 10.3. The van der Waals surface area contributed by atoms with Crippen LogP contribution in [0.4, 0.5) is 5.69 Å². The van der Waals surface area contributed by atoms with Crippen molar-refractivity contribution >= 4 is 35.0 Å². The minimum Gasteiger partial charge on any atom is -0.463 e. The first kappa shape index (κ1) is 21.2. The van der Waals surface area contributed by atoms with Crippen molar-refractivity contribution in [2.24, 2.45) is 5.92 Å². The number of ether oxygens (including phenoxy) is 1. The third-order valence-corrected chi connectivity index (χ3v) is 5.71. The van der Waals surface area contributed by atoms with E-state index in [9.17, 15) is 9.59 Å². The number of aryl methyl sites for hydroxylation is 1. The number of carbonyl (C=O) groups is 2. The summed E-state index contributed by atoms with van der Waals surface area (Å²) in [6.07, 6.45) is 4.81. The van der Waals surface area contributed by atoms with Gasteiger partial charge in [0.1, 0.15) is 0 Å². The zero-order chi connectivity index (χ0) is 20.6. The fourth-order valence-corrected chi connectivity index (χ4v) is 3.94. The first-order chi connectivity index (χ1) is 14.0. The van der Waals surface area contributed by atoms with Crippen LogP contribution in [0.25, 0.3) is 6.08 Å². The van der Waals surface area contributed by atoms with Crippen molar-refractivity contribution in [2.75, 3.05) is 25.0 Å². The molecule has 1 saturated heterocycles. The molecule has 3 rings (SSSR count). The highest BCUT2D eigenvalue weighted by molar-refractivity contribution is 7.09. The lowest BCUT2D eigenvalue weighted by Gasteiger charge is -2.30. The Morgan fingerprint density at radius 3 is 2.62 bits per heavy atom. The third kappa shape index (κ3) is 6.51. The number of likely N-dealkylation sites (tertiary alicyclic amines) is 1. The first-order valence-electron chi connectivity index (χ1n) is 9.92. The van der Waals surface area contributed by atoms with Crippen LogP contribution in [0.5, 0.6) is 0 Å². The van der Waals surface area contributed by atoms with Crippen molar-refractivity contribution in [1.82, 2.24) is 9.88 Å². The number of benzene rings is 1. The van der Waals surface area contributed by atoms with Crippen LogP contribution in [-0.4, -0.2) is 41.5 Å². The molecule has 1 aromatic heterocycles. The summed E-state index contributed by atoms with van der Waals surface area (Å²) in [7, 11) is 0. The van der Waals surface area contributed by atoms with Gasteiger partial charge < -0.3 is 10.1 Å². The van der Waals surface area contributed by atoms with E-state index < -0.39 is 0 Å². The maximum absolute atomic E-state index is 12.6. The molecular weight excluding hydrogens is 386 g/mol. The molecule has 1 fully saturated rings. The van der Waals surface area contributed by atoms with E-state index >= 15 is 0 Å². The summed E-state index contributed by atoms with van der Waals surface area (Å²) in [5.74, 6) is -0.253. The molecule has 0 spiro atoms. The normalized spacial score (nSPS) is 15.5. The Morgan fingerprint density at radius 1 is 1.28 bits per heavy atom. The summed E-state index contributed by atoms with van der Waals surface area (Å²) >= 11 is 1.68. The molecule has 0 atom stereocenters. The van der Waals surface area contributed by atoms with E-state index in [1.165, 1.54) is 6.08 Å². The van der Waals surface area contributed by atoms with E-state index in [1.807, 2.05) is 31.2 Å². The highest BCUT2D eigenvalue weighted by Gasteiger charge is 2.25. The molecule has 2 heterocycles. The van der Waals surface area contributed by atoms with Crippen LogP contribution < -0.4 is 5.32 Å². The fraction of sp³-hybridized carbons (Fsp3) is 0.409. The molecular formula is C22H27N3O3S. The van der Waals surface area contributed by atoms with Gasteiger partial charge in [-0.15, -0.1) is 11.3 Å². The van der Waals surface area contributed by atoms with Gasteiger partial charge in [-0.25, -0.2) is 9.78 Å². The van der Waals surface area contributed by atoms with Gasteiger partial charge in [-0.1, -0.05) is 12.1 Å². The summed E-state index contributed by atoms with van der Waals surface area (Å²) in [6.45, 7) is 6.83. The summed E-state index contributed by atoms with van der Waals surface area (Å²) < 4.78 is 4.86. The molecule has 0 saturated carbocycles. The highest BCUT2D eigenvalue weighted by atomic mass is 32.1. The number of amides is 1. The Bertz CT molecular complexity index is 852. The average Bonchev–Trinajstić information content (AvgIpc) is 3.13. The molecule has 7 heteroatoms. The lowest BCUT2D eigenvalue weighted by Crippen LogP contribution is -2.37. The van der Waals surface area contributed by atoms with Crippen molar-refractivity contribution in [3.63, 3.8) is 0 Å². The second-order valence-corrected chi connectivity index (χ2v) is 8.17. The molecule has 0 unspecified atom stereocenters. The van der Waals surface area contributed by atoms with Gasteiger partial charge in [0, 0.05) is 29.6 Å². The number of thiazole rings is 1. The van der Waals surface area contributed by atoms with Crippen LogP contribution in [0.1, 0.15) is 36.0 Å². The Morgan fingerprint density at radius 2 is 2.00 bits per heavy atom. The molecule has 0 radical (unpaired) electrons. The fourth-order valence-electron chi connectivity index (χ4n) is 3.34. The van der Waals surface area contributed by atoms with E-state index in [4.69, 9.17) is 4.74 Å². The number of piperidine rings is 1. The van der Waals surface area contributed by atoms with Crippen molar-refractivity contribution in [2.45, 2.75) is 33.2 Å². The Balaban J connectivity index is 1.45. The molecule has 0 aliphatic carbocycles. The van der Waals surface area contributed by atoms with Crippen molar-refractivity contribution < 1.29 is 14.3 Å². The standard InChI is InChI=1S/C22H27N3O3S/c1-3-28-21(26)9-6-17-4-7-19(8-5-17)24-22(27)18-10-12-25(13-11-18)14-20-15-29-16(2)23-20/h4-9,15,18H,3,10-14H2,1-2H3,(H,24,27)/b9-6+. The van der Waals surface area contributed by atoms with Gasteiger partial charge in [-0.05, 0) is 63.6 Å². The lowest BCUT2D eigenvalue weighted by molar-refractivity contribution is -0.137. The molecule has 1 aliphatic heterocycles. The molecule has 2 aromatic rings. The number of hydrogen-bond donors (Lipinski definition) is 1. The molecule has 1 aliphatic rings. The summed E-state index contributed by atoms with van der Waals surface area (Å²) in [4.78, 5) is 30.8. The van der Waals surface area contributed by atoms with E-state index in [0.717, 1.165) is 54.4 Å². The van der Waals surface area contributed by atoms with Crippen LogP contribution in [0.3, 0.4) is 0 Å². The Kier molecular flexibility index (Phi) is 7.55. The molecule has 1 aromatic carbocycles. The van der Waals surface area contributed by atoms with Gasteiger partial charge in [0.15, 0.2) is 0 Å². The van der Waals surface area contributed by atoms with Crippen LogP contribution in [0, 0.1) is 12.8 Å². The van der Waals surface area contributed by atoms with Crippen molar-refractivity contribution in [3.8, 4) is 0 Å². The SMILES string of the molecule is CCOC(=O)/C=C/c1ccc(NC(=O)C2CCN(Cc3csc(C)n3)CC2)cc1. The molecule has 6 nitrogen and oxygen atoms in total. The van der Waals surface area contributed by atoms with E-state index in [1.54, 1.807) is 24.3 Å². The second-order valence-electron chi connectivity index (χ2n) is 7.10. The van der Waals surface area contributed by atoms with Crippen molar-refractivity contribution in [1.29, 1.82) is 0 Å². The van der Waals surface area contributed by atoms with Gasteiger partial charge in [-0.3, -0.25) is 9.69 Å². The average molecular weight is 414 g/mol. The maximum atomic E-state index is 12.6. The number of rotatable bonds is 7. The number of nitrogens with zero attached hydrogens (tertiary/aromatic N) is 2. The number of hydrogen-bond acceptors (Lipinski definition) is 6. The maximum Gasteiger partial charge on any atom is 0.330 e. The number of carbonyl (C=O) groups excluding carboxylic acids is 2. The molecule has 1 N–H and O–H groups in total. The number of esters is 1. The Hall–Kier alpha value is -2.51. The summed E-state index contributed by atoms with van der Waals surface area (Å²) in [5, 5.41) is 6.21. The van der Waals surface area contributed by atoms with Gasteiger partial charge in [0.2, 0.25) is 5.91 Å². The minimum atomic E-state index is -0.360. The van der Waals surface area contributed by atoms with Crippen LogP contribution in [0.2, 0.25) is 0 Å². The highest BCUT2D eigenvalue weighted by Crippen LogP contribution is 2.22. The van der Waals surface area contributed by atoms with E-state index in [-0.39, 0.29) is 17.8 Å². The molecule has 1 amide bonds. The summed E-state index contributed by atoms with van der Waals surface area (Å²) in [5.41, 5.74) is 2.76. The first-order valence-corrected chi connectivity index (χ1v) is 10.8. The quantitative estimate of drug-likeness (QED) is 0.551. The Labute approximate surface area is 175 Å². The third-order valence-electron chi connectivity index (χ3n) is 4.89. The topological polar surface area (TPSA) is 71.5 Å². The zero-order valence-electron chi connectivity index (χ0n) is 16.9. The van der Waals surface area contributed by atoms with Crippen LogP contribution >= 0.6 is 11.3 Å². The molecule has 0 bridgehead atoms. The zero-order valence-corrected chi connectivity index (χ0v) is 17.7. The predicted molar refractivity (Wildman–Crippen MR) is 116 cm³/mol. The van der Waals surface area contributed by atoms with E-state index in [2.05, 4.69) is 20.6 Å². The van der Waals surface area contributed by atoms with E-state index in [0.29, 0.717) is 6.61 Å². The van der Waals surface area contributed by atoms with Gasteiger partial charge >= 0.3 is 5.97 Å². The molecule has 154 valence electrons.